The summed E-state index contributed by atoms with van der Waals surface area (Å²) >= 11 is 0. The minimum Gasteiger partial charge on any atom is -0.363 e. The molecule has 0 radical (unpaired) electrons. The minimum absolute atomic E-state index is 0.221. The molecule has 1 rings (SSSR count). The Balaban J connectivity index is 2.88. The van der Waals surface area contributed by atoms with Crippen molar-refractivity contribution in [1.29, 1.82) is 0 Å². The Morgan fingerprint density at radius 2 is 2.15 bits per heavy atom. The van der Waals surface area contributed by atoms with Crippen molar-refractivity contribution in [3.05, 3.63) is 35.7 Å². The highest BCUT2D eigenvalue weighted by molar-refractivity contribution is 5.31. The maximum atomic E-state index is 3.87. The third-order valence-corrected chi connectivity index (χ3v) is 2.38. The van der Waals surface area contributed by atoms with Crippen LogP contribution in [0.2, 0.25) is 0 Å². The first-order valence-corrected chi connectivity index (χ1v) is 4.73. The van der Waals surface area contributed by atoms with E-state index in [2.05, 4.69) is 44.8 Å². The van der Waals surface area contributed by atoms with Crippen LogP contribution in [0.4, 0.5) is 0 Å². The average Bonchev–Trinajstić information content (AvgIpc) is 1.97. The van der Waals surface area contributed by atoms with E-state index < -0.39 is 0 Å². The second-order valence-electron chi connectivity index (χ2n) is 4.50. The standard InChI is InChI=1S/C12H19N/c1-9(2)13-11-8-10(3)6-7-12(11,4)5/h6,8,13H,1,7H2,2-5H3. The van der Waals surface area contributed by atoms with Gasteiger partial charge in [0, 0.05) is 16.8 Å². The molecule has 0 aromatic rings. The summed E-state index contributed by atoms with van der Waals surface area (Å²) in [6, 6.07) is 0. The topological polar surface area (TPSA) is 12.0 Å². The van der Waals surface area contributed by atoms with E-state index in [1.807, 2.05) is 6.92 Å². The third kappa shape index (κ3) is 2.48. The summed E-state index contributed by atoms with van der Waals surface area (Å²) in [7, 11) is 0. The van der Waals surface area contributed by atoms with Crippen molar-refractivity contribution in [3.63, 3.8) is 0 Å². The predicted octanol–water partition coefficient (Wildman–Crippen LogP) is 3.37. The van der Waals surface area contributed by atoms with Crippen LogP contribution >= 0.6 is 0 Å². The van der Waals surface area contributed by atoms with Gasteiger partial charge in [-0.1, -0.05) is 32.1 Å². The Kier molecular flexibility index (Phi) is 2.65. The number of hydrogen-bond donors (Lipinski definition) is 1. The molecule has 0 amide bonds. The van der Waals surface area contributed by atoms with Crippen molar-refractivity contribution >= 4 is 0 Å². The Hall–Kier alpha value is -0.980. The molecular formula is C12H19N. The van der Waals surface area contributed by atoms with E-state index in [4.69, 9.17) is 0 Å². The van der Waals surface area contributed by atoms with Crippen molar-refractivity contribution in [3.8, 4) is 0 Å². The summed E-state index contributed by atoms with van der Waals surface area (Å²) in [6.45, 7) is 12.5. The van der Waals surface area contributed by atoms with Crippen LogP contribution in [-0.2, 0) is 0 Å². The number of nitrogens with one attached hydrogen (secondary N) is 1. The average molecular weight is 177 g/mol. The molecule has 0 unspecified atom stereocenters. The SMILES string of the molecule is C=C(C)NC1=CC(C)=CCC1(C)C. The maximum absolute atomic E-state index is 3.87. The van der Waals surface area contributed by atoms with Crippen LogP contribution in [0.3, 0.4) is 0 Å². The first-order chi connectivity index (χ1) is 5.92. The van der Waals surface area contributed by atoms with E-state index in [0.29, 0.717) is 0 Å². The van der Waals surface area contributed by atoms with Crippen molar-refractivity contribution in [1.82, 2.24) is 5.32 Å². The summed E-state index contributed by atoms with van der Waals surface area (Å²) in [5.74, 6) is 0. The van der Waals surface area contributed by atoms with Gasteiger partial charge in [-0.3, -0.25) is 0 Å². The van der Waals surface area contributed by atoms with E-state index in [1.165, 1.54) is 11.3 Å². The molecule has 0 fully saturated rings. The fraction of sp³-hybridized carbons (Fsp3) is 0.500. The monoisotopic (exact) mass is 177 g/mol. The fourth-order valence-electron chi connectivity index (χ4n) is 1.44. The number of rotatable bonds is 2. The van der Waals surface area contributed by atoms with Gasteiger partial charge >= 0.3 is 0 Å². The van der Waals surface area contributed by atoms with Crippen LogP contribution in [-0.4, -0.2) is 0 Å². The summed E-state index contributed by atoms with van der Waals surface area (Å²) in [5.41, 5.74) is 3.84. The molecule has 1 aliphatic carbocycles. The summed E-state index contributed by atoms with van der Waals surface area (Å²) in [4.78, 5) is 0. The van der Waals surface area contributed by atoms with Crippen molar-refractivity contribution < 1.29 is 0 Å². The molecule has 72 valence electrons. The molecule has 0 saturated heterocycles. The molecule has 1 N–H and O–H groups in total. The summed E-state index contributed by atoms with van der Waals surface area (Å²) in [5, 5.41) is 3.33. The van der Waals surface area contributed by atoms with Crippen molar-refractivity contribution in [2.45, 2.75) is 34.1 Å². The normalized spacial score (nSPS) is 20.3. The van der Waals surface area contributed by atoms with Gasteiger partial charge < -0.3 is 5.32 Å². The molecule has 0 bridgehead atoms. The van der Waals surface area contributed by atoms with Gasteiger partial charge in [-0.25, -0.2) is 0 Å². The lowest BCUT2D eigenvalue weighted by molar-refractivity contribution is 0.422. The highest BCUT2D eigenvalue weighted by atomic mass is 14.9. The Morgan fingerprint density at radius 3 is 2.69 bits per heavy atom. The molecule has 0 aromatic carbocycles. The lowest BCUT2D eigenvalue weighted by atomic mass is 9.80. The Morgan fingerprint density at radius 1 is 1.54 bits per heavy atom. The maximum Gasteiger partial charge on any atom is 0.0211 e. The molecule has 0 atom stereocenters. The van der Waals surface area contributed by atoms with Gasteiger partial charge in [0.1, 0.15) is 0 Å². The van der Waals surface area contributed by atoms with Crippen molar-refractivity contribution in [2.75, 3.05) is 0 Å². The van der Waals surface area contributed by atoms with Gasteiger partial charge in [0.25, 0.3) is 0 Å². The molecule has 0 spiro atoms. The zero-order valence-corrected chi connectivity index (χ0v) is 9.07. The van der Waals surface area contributed by atoms with Crippen LogP contribution in [0.1, 0.15) is 34.1 Å². The van der Waals surface area contributed by atoms with Crippen LogP contribution in [0.5, 0.6) is 0 Å². The molecule has 0 aliphatic heterocycles. The molecular weight excluding hydrogens is 158 g/mol. The molecule has 1 aliphatic rings. The predicted molar refractivity (Wildman–Crippen MR) is 58.2 cm³/mol. The quantitative estimate of drug-likeness (QED) is 0.682. The Bertz CT molecular complexity index is 279. The largest absolute Gasteiger partial charge is 0.363 e. The molecule has 1 nitrogen and oxygen atoms in total. The molecule has 0 saturated carbocycles. The molecule has 13 heavy (non-hydrogen) atoms. The zero-order chi connectivity index (χ0) is 10.1. The van der Waals surface area contributed by atoms with Crippen molar-refractivity contribution in [2.24, 2.45) is 5.41 Å². The fourth-order valence-corrected chi connectivity index (χ4v) is 1.44. The van der Waals surface area contributed by atoms with Crippen LogP contribution in [0.25, 0.3) is 0 Å². The smallest absolute Gasteiger partial charge is 0.0211 e. The van der Waals surface area contributed by atoms with E-state index in [9.17, 15) is 0 Å². The number of allylic oxidation sites excluding steroid dienone is 5. The van der Waals surface area contributed by atoms with Gasteiger partial charge in [0.15, 0.2) is 0 Å². The van der Waals surface area contributed by atoms with Gasteiger partial charge in [-0.2, -0.15) is 0 Å². The second-order valence-corrected chi connectivity index (χ2v) is 4.50. The van der Waals surface area contributed by atoms with E-state index in [1.54, 1.807) is 0 Å². The van der Waals surface area contributed by atoms with Crippen LogP contribution in [0.15, 0.2) is 35.7 Å². The van der Waals surface area contributed by atoms with Crippen LogP contribution < -0.4 is 5.32 Å². The molecule has 0 aromatic heterocycles. The minimum atomic E-state index is 0.221. The molecule has 0 heterocycles. The van der Waals surface area contributed by atoms with E-state index in [0.717, 1.165) is 12.1 Å². The number of hydrogen-bond acceptors (Lipinski definition) is 1. The first-order valence-electron chi connectivity index (χ1n) is 4.73. The third-order valence-electron chi connectivity index (χ3n) is 2.38. The second kappa shape index (κ2) is 3.41. The van der Waals surface area contributed by atoms with Crippen LogP contribution in [0, 0.1) is 5.41 Å². The van der Waals surface area contributed by atoms with Gasteiger partial charge in [0.05, 0.1) is 0 Å². The highest BCUT2D eigenvalue weighted by Crippen LogP contribution is 2.34. The van der Waals surface area contributed by atoms with E-state index in [-0.39, 0.29) is 5.41 Å². The molecule has 1 heteroatoms. The zero-order valence-electron chi connectivity index (χ0n) is 9.07. The summed E-state index contributed by atoms with van der Waals surface area (Å²) in [6.07, 6.45) is 5.59. The van der Waals surface area contributed by atoms with E-state index >= 15 is 0 Å². The Labute approximate surface area is 81.2 Å². The first kappa shape index (κ1) is 10.1. The lowest BCUT2D eigenvalue weighted by Gasteiger charge is -2.31. The highest BCUT2D eigenvalue weighted by Gasteiger charge is 2.24. The van der Waals surface area contributed by atoms with Gasteiger partial charge in [-0.15, -0.1) is 0 Å². The van der Waals surface area contributed by atoms with Gasteiger partial charge in [0.2, 0.25) is 0 Å². The van der Waals surface area contributed by atoms with Gasteiger partial charge in [-0.05, 0) is 26.3 Å². The lowest BCUT2D eigenvalue weighted by Crippen LogP contribution is -2.27. The summed E-state index contributed by atoms with van der Waals surface area (Å²) < 4.78 is 0.